The molecule has 17 heavy (non-hydrogen) atoms. The summed E-state index contributed by atoms with van der Waals surface area (Å²) in [6.07, 6.45) is 1.71. The fourth-order valence-corrected chi connectivity index (χ4v) is 2.66. The molecule has 1 atom stereocenters. The number of benzene rings is 1. The molecule has 0 amide bonds. The largest absolute Gasteiger partial charge is 0.496 e. The van der Waals surface area contributed by atoms with Crippen LogP contribution >= 0.6 is 15.9 Å². The maximum Gasteiger partial charge on any atom is 0.124 e. The van der Waals surface area contributed by atoms with Gasteiger partial charge in [-0.25, -0.2) is 0 Å². The Bertz CT molecular complexity index is 517. The summed E-state index contributed by atoms with van der Waals surface area (Å²) in [5.74, 6) is 1.79. The number of halogens is 1. The van der Waals surface area contributed by atoms with E-state index in [2.05, 4.69) is 28.9 Å². The minimum absolute atomic E-state index is 0.0207. The van der Waals surface area contributed by atoms with Crippen molar-refractivity contribution in [1.29, 1.82) is 0 Å². The van der Waals surface area contributed by atoms with Crippen molar-refractivity contribution in [3.8, 4) is 5.75 Å². The molecule has 0 fully saturated rings. The lowest BCUT2D eigenvalue weighted by atomic mass is 10.0. The molecule has 1 unspecified atom stereocenters. The lowest BCUT2D eigenvalue weighted by Gasteiger charge is -2.14. The number of alkyl halides is 1. The molecule has 0 spiro atoms. The normalized spacial score (nSPS) is 12.5. The monoisotopic (exact) mass is 294 g/mol. The number of aryl methyl sites for hydroxylation is 2. The smallest absolute Gasteiger partial charge is 0.124 e. The molecular weight excluding hydrogens is 280 g/mol. The van der Waals surface area contributed by atoms with Gasteiger partial charge in [0.15, 0.2) is 0 Å². The average molecular weight is 295 g/mol. The first-order valence-electron chi connectivity index (χ1n) is 5.46. The molecule has 1 aromatic heterocycles. The van der Waals surface area contributed by atoms with E-state index in [0.29, 0.717) is 0 Å². The molecule has 1 heterocycles. The molecule has 0 bridgehead atoms. The van der Waals surface area contributed by atoms with Crippen LogP contribution in [0.2, 0.25) is 0 Å². The highest BCUT2D eigenvalue weighted by Crippen LogP contribution is 2.38. The third-order valence-electron chi connectivity index (χ3n) is 2.79. The first-order valence-corrected chi connectivity index (χ1v) is 6.37. The van der Waals surface area contributed by atoms with Gasteiger partial charge in [-0.05, 0) is 31.5 Å². The molecule has 90 valence electrons. The van der Waals surface area contributed by atoms with Crippen molar-refractivity contribution in [3.05, 3.63) is 53.0 Å². The zero-order valence-electron chi connectivity index (χ0n) is 10.2. The van der Waals surface area contributed by atoms with Crippen LogP contribution < -0.4 is 4.74 Å². The SMILES string of the molecule is COc1ccc(C)cc1C(Br)c1occc1C. The van der Waals surface area contributed by atoms with Crippen LogP contribution in [0.4, 0.5) is 0 Å². The van der Waals surface area contributed by atoms with E-state index in [4.69, 9.17) is 9.15 Å². The van der Waals surface area contributed by atoms with Crippen LogP contribution in [0.3, 0.4) is 0 Å². The molecule has 0 aliphatic heterocycles. The van der Waals surface area contributed by atoms with E-state index in [9.17, 15) is 0 Å². The van der Waals surface area contributed by atoms with Crippen LogP contribution in [-0.2, 0) is 0 Å². The average Bonchev–Trinajstić information content (AvgIpc) is 2.74. The van der Waals surface area contributed by atoms with Crippen LogP contribution in [-0.4, -0.2) is 7.11 Å². The van der Waals surface area contributed by atoms with Crippen molar-refractivity contribution in [2.24, 2.45) is 0 Å². The van der Waals surface area contributed by atoms with Gasteiger partial charge in [0, 0.05) is 5.56 Å². The van der Waals surface area contributed by atoms with E-state index >= 15 is 0 Å². The van der Waals surface area contributed by atoms with E-state index in [1.807, 2.05) is 25.1 Å². The summed E-state index contributed by atoms with van der Waals surface area (Å²) in [5.41, 5.74) is 3.43. The molecule has 0 N–H and O–H groups in total. The van der Waals surface area contributed by atoms with Crippen molar-refractivity contribution in [2.75, 3.05) is 7.11 Å². The summed E-state index contributed by atoms with van der Waals surface area (Å²) in [6, 6.07) is 8.10. The van der Waals surface area contributed by atoms with E-state index in [-0.39, 0.29) is 4.83 Å². The molecule has 0 aliphatic carbocycles. The molecule has 1 aromatic carbocycles. The summed E-state index contributed by atoms with van der Waals surface area (Å²) >= 11 is 3.68. The zero-order chi connectivity index (χ0) is 12.4. The molecule has 2 aromatic rings. The summed E-state index contributed by atoms with van der Waals surface area (Å²) in [4.78, 5) is 0.0207. The first-order chi connectivity index (χ1) is 8.13. The van der Waals surface area contributed by atoms with E-state index in [0.717, 1.165) is 22.6 Å². The molecule has 0 radical (unpaired) electrons. The van der Waals surface area contributed by atoms with Crippen molar-refractivity contribution >= 4 is 15.9 Å². The quantitative estimate of drug-likeness (QED) is 0.784. The standard InChI is InChI=1S/C14H15BrO2/c1-9-4-5-12(16-3)11(8-9)13(15)14-10(2)6-7-17-14/h4-8,13H,1-3H3. The lowest BCUT2D eigenvalue weighted by molar-refractivity contribution is 0.408. The number of rotatable bonds is 3. The zero-order valence-corrected chi connectivity index (χ0v) is 11.7. The summed E-state index contributed by atoms with van der Waals surface area (Å²) in [6.45, 7) is 4.10. The Kier molecular flexibility index (Phi) is 3.57. The predicted molar refractivity (Wildman–Crippen MR) is 71.9 cm³/mol. The first kappa shape index (κ1) is 12.2. The van der Waals surface area contributed by atoms with E-state index in [1.165, 1.54) is 5.56 Å². The third kappa shape index (κ3) is 2.39. The topological polar surface area (TPSA) is 22.4 Å². The number of ether oxygens (including phenoxy) is 1. The van der Waals surface area contributed by atoms with Crippen molar-refractivity contribution < 1.29 is 9.15 Å². The Labute approximate surface area is 110 Å². The number of methoxy groups -OCH3 is 1. The molecule has 2 rings (SSSR count). The summed E-state index contributed by atoms with van der Waals surface area (Å²) in [7, 11) is 1.68. The minimum atomic E-state index is 0.0207. The maximum atomic E-state index is 5.52. The highest BCUT2D eigenvalue weighted by Gasteiger charge is 2.19. The minimum Gasteiger partial charge on any atom is -0.496 e. The van der Waals surface area contributed by atoms with E-state index in [1.54, 1.807) is 13.4 Å². The Balaban J connectivity index is 2.46. The van der Waals surface area contributed by atoms with Gasteiger partial charge in [0.2, 0.25) is 0 Å². The summed E-state index contributed by atoms with van der Waals surface area (Å²) in [5, 5.41) is 0. The number of hydrogen-bond acceptors (Lipinski definition) is 2. The molecule has 0 aliphatic rings. The Morgan fingerprint density at radius 2 is 2.00 bits per heavy atom. The maximum absolute atomic E-state index is 5.52. The fraction of sp³-hybridized carbons (Fsp3) is 0.286. The van der Waals surface area contributed by atoms with Gasteiger partial charge in [0.05, 0.1) is 13.4 Å². The highest BCUT2D eigenvalue weighted by atomic mass is 79.9. The molecule has 3 heteroatoms. The highest BCUT2D eigenvalue weighted by molar-refractivity contribution is 9.09. The van der Waals surface area contributed by atoms with Crippen molar-refractivity contribution in [2.45, 2.75) is 18.7 Å². The van der Waals surface area contributed by atoms with Crippen molar-refractivity contribution in [3.63, 3.8) is 0 Å². The van der Waals surface area contributed by atoms with Gasteiger partial charge in [-0.15, -0.1) is 0 Å². The van der Waals surface area contributed by atoms with Gasteiger partial charge in [0.25, 0.3) is 0 Å². The Morgan fingerprint density at radius 3 is 2.59 bits per heavy atom. The number of hydrogen-bond donors (Lipinski definition) is 0. The van der Waals surface area contributed by atoms with Crippen LogP contribution in [0.5, 0.6) is 5.75 Å². The van der Waals surface area contributed by atoms with Crippen LogP contribution in [0, 0.1) is 13.8 Å². The van der Waals surface area contributed by atoms with Crippen LogP contribution in [0.15, 0.2) is 34.9 Å². The fourth-order valence-electron chi connectivity index (χ4n) is 1.84. The Hall–Kier alpha value is -1.22. The number of furan rings is 1. The van der Waals surface area contributed by atoms with Gasteiger partial charge < -0.3 is 9.15 Å². The second-order valence-electron chi connectivity index (χ2n) is 4.08. The van der Waals surface area contributed by atoms with Gasteiger partial charge in [-0.1, -0.05) is 33.6 Å². The van der Waals surface area contributed by atoms with E-state index < -0.39 is 0 Å². The third-order valence-corrected chi connectivity index (χ3v) is 3.70. The van der Waals surface area contributed by atoms with Gasteiger partial charge in [-0.3, -0.25) is 0 Å². The van der Waals surface area contributed by atoms with Gasteiger partial charge >= 0.3 is 0 Å². The van der Waals surface area contributed by atoms with Crippen molar-refractivity contribution in [1.82, 2.24) is 0 Å². The second kappa shape index (κ2) is 4.96. The van der Waals surface area contributed by atoms with Crippen LogP contribution in [0.25, 0.3) is 0 Å². The van der Waals surface area contributed by atoms with Gasteiger partial charge in [-0.2, -0.15) is 0 Å². The van der Waals surface area contributed by atoms with Gasteiger partial charge in [0.1, 0.15) is 16.3 Å². The summed E-state index contributed by atoms with van der Waals surface area (Å²) < 4.78 is 10.9. The molecule has 2 nitrogen and oxygen atoms in total. The molecule has 0 saturated heterocycles. The second-order valence-corrected chi connectivity index (χ2v) is 4.99. The predicted octanol–water partition coefficient (Wildman–Crippen LogP) is 4.39. The Morgan fingerprint density at radius 1 is 1.24 bits per heavy atom. The lowest BCUT2D eigenvalue weighted by Crippen LogP contribution is -1.98. The van der Waals surface area contributed by atoms with Crippen LogP contribution in [0.1, 0.15) is 27.3 Å². The molecular formula is C14H15BrO2. The molecule has 0 saturated carbocycles.